The van der Waals surface area contributed by atoms with Crippen molar-refractivity contribution in [2.45, 2.75) is 39.7 Å². The molecule has 1 N–H and O–H groups in total. The molecular formula is C9H17NO2. The minimum Gasteiger partial charge on any atom is -0.394 e. The normalized spacial score (nSPS) is 14.5. The van der Waals surface area contributed by atoms with Gasteiger partial charge in [0, 0.05) is 12.1 Å². The maximum Gasteiger partial charge on any atom is 0.135 e. The van der Waals surface area contributed by atoms with Crippen LogP contribution in [0.2, 0.25) is 0 Å². The first-order valence-electron chi connectivity index (χ1n) is 4.23. The van der Waals surface area contributed by atoms with Gasteiger partial charge >= 0.3 is 0 Å². The summed E-state index contributed by atoms with van der Waals surface area (Å²) in [4.78, 5) is 14.9. The third kappa shape index (κ3) is 5.02. The van der Waals surface area contributed by atoms with Crippen molar-refractivity contribution >= 4 is 11.5 Å². The standard InChI is InChI=1S/C9H17NO2/c1-4-9(6-11)10-7(2)5-8(3)12/h9,11H,4-6H2,1-3H3. The second kappa shape index (κ2) is 5.89. The number of nitrogens with zero attached hydrogens (tertiary/aromatic N) is 1. The quantitative estimate of drug-likeness (QED) is 0.632. The summed E-state index contributed by atoms with van der Waals surface area (Å²) in [7, 11) is 0. The van der Waals surface area contributed by atoms with Crippen molar-refractivity contribution in [3.05, 3.63) is 0 Å². The lowest BCUT2D eigenvalue weighted by atomic mass is 10.2. The van der Waals surface area contributed by atoms with E-state index < -0.39 is 0 Å². The Morgan fingerprint density at radius 1 is 1.50 bits per heavy atom. The van der Waals surface area contributed by atoms with Gasteiger partial charge in [-0.25, -0.2) is 0 Å². The van der Waals surface area contributed by atoms with Gasteiger partial charge in [-0.2, -0.15) is 0 Å². The molecule has 3 nitrogen and oxygen atoms in total. The summed E-state index contributed by atoms with van der Waals surface area (Å²) < 4.78 is 0. The number of hydrogen-bond acceptors (Lipinski definition) is 3. The summed E-state index contributed by atoms with van der Waals surface area (Å²) in [6.45, 7) is 5.38. The summed E-state index contributed by atoms with van der Waals surface area (Å²) in [6.07, 6.45) is 1.21. The Bertz CT molecular complexity index is 171. The zero-order valence-electron chi connectivity index (χ0n) is 8.00. The van der Waals surface area contributed by atoms with Crippen LogP contribution in [0.4, 0.5) is 0 Å². The minimum atomic E-state index is -0.0376. The highest BCUT2D eigenvalue weighted by Gasteiger charge is 2.03. The van der Waals surface area contributed by atoms with Crippen LogP contribution in [-0.2, 0) is 4.79 Å². The first kappa shape index (κ1) is 11.3. The molecular weight excluding hydrogens is 154 g/mol. The summed E-state index contributed by atoms with van der Waals surface area (Å²) in [5.74, 6) is 0.115. The van der Waals surface area contributed by atoms with Crippen LogP contribution in [0.25, 0.3) is 0 Å². The van der Waals surface area contributed by atoms with Crippen molar-refractivity contribution in [1.29, 1.82) is 0 Å². The number of carbonyl (C=O) groups excluding carboxylic acids is 1. The molecule has 12 heavy (non-hydrogen) atoms. The average molecular weight is 171 g/mol. The molecule has 0 amide bonds. The van der Waals surface area contributed by atoms with E-state index in [0.717, 1.165) is 12.1 Å². The number of hydrogen-bond donors (Lipinski definition) is 1. The predicted molar refractivity (Wildman–Crippen MR) is 49.6 cm³/mol. The zero-order valence-corrected chi connectivity index (χ0v) is 8.00. The first-order valence-corrected chi connectivity index (χ1v) is 4.23. The van der Waals surface area contributed by atoms with E-state index in [1.165, 1.54) is 0 Å². The highest BCUT2D eigenvalue weighted by molar-refractivity contribution is 5.99. The second-order valence-electron chi connectivity index (χ2n) is 2.99. The Hall–Kier alpha value is -0.700. The molecule has 0 aromatic carbocycles. The number of aliphatic hydroxyl groups excluding tert-OH is 1. The SMILES string of the molecule is CCC(CO)N=C(C)CC(C)=O. The molecule has 1 atom stereocenters. The molecule has 0 saturated heterocycles. The summed E-state index contributed by atoms with van der Waals surface area (Å²) in [5.41, 5.74) is 0.809. The summed E-state index contributed by atoms with van der Waals surface area (Å²) >= 11 is 0. The Balaban J connectivity index is 4.03. The number of Topliss-reactive ketones (excluding diaryl/α,β-unsaturated/α-hetero) is 1. The fourth-order valence-corrected chi connectivity index (χ4v) is 0.979. The molecule has 0 radical (unpaired) electrons. The molecule has 0 saturated carbocycles. The van der Waals surface area contributed by atoms with E-state index >= 15 is 0 Å². The highest BCUT2D eigenvalue weighted by atomic mass is 16.3. The van der Waals surface area contributed by atoms with E-state index in [-0.39, 0.29) is 18.4 Å². The lowest BCUT2D eigenvalue weighted by molar-refractivity contribution is -0.115. The smallest absolute Gasteiger partial charge is 0.135 e. The van der Waals surface area contributed by atoms with Crippen LogP contribution < -0.4 is 0 Å². The maximum atomic E-state index is 10.7. The summed E-state index contributed by atoms with van der Waals surface area (Å²) in [5, 5.41) is 8.82. The third-order valence-corrected chi connectivity index (χ3v) is 1.59. The molecule has 0 aliphatic rings. The third-order valence-electron chi connectivity index (χ3n) is 1.59. The largest absolute Gasteiger partial charge is 0.394 e. The lowest BCUT2D eigenvalue weighted by Gasteiger charge is -2.06. The van der Waals surface area contributed by atoms with E-state index in [1.54, 1.807) is 6.92 Å². The van der Waals surface area contributed by atoms with Crippen LogP contribution in [0.1, 0.15) is 33.6 Å². The van der Waals surface area contributed by atoms with Gasteiger partial charge in [-0.15, -0.1) is 0 Å². The molecule has 1 unspecified atom stereocenters. The van der Waals surface area contributed by atoms with Gasteiger partial charge in [0.1, 0.15) is 5.78 Å². The van der Waals surface area contributed by atoms with Crippen LogP contribution in [-0.4, -0.2) is 29.3 Å². The van der Waals surface area contributed by atoms with Crippen molar-refractivity contribution in [2.75, 3.05) is 6.61 Å². The van der Waals surface area contributed by atoms with Gasteiger partial charge in [-0.1, -0.05) is 6.92 Å². The van der Waals surface area contributed by atoms with Crippen molar-refractivity contribution < 1.29 is 9.90 Å². The number of rotatable bonds is 5. The molecule has 0 fully saturated rings. The number of carbonyl (C=O) groups is 1. The van der Waals surface area contributed by atoms with Crippen molar-refractivity contribution in [3.63, 3.8) is 0 Å². The van der Waals surface area contributed by atoms with Crippen LogP contribution in [0, 0.1) is 0 Å². The van der Waals surface area contributed by atoms with Gasteiger partial charge in [0.15, 0.2) is 0 Å². The van der Waals surface area contributed by atoms with E-state index in [0.29, 0.717) is 6.42 Å². The number of aliphatic imine (C=N–C) groups is 1. The van der Waals surface area contributed by atoms with Crippen LogP contribution >= 0.6 is 0 Å². The van der Waals surface area contributed by atoms with E-state index in [4.69, 9.17) is 5.11 Å². The van der Waals surface area contributed by atoms with Gasteiger partial charge in [0.25, 0.3) is 0 Å². The van der Waals surface area contributed by atoms with Gasteiger partial charge in [-0.3, -0.25) is 9.79 Å². The molecule has 0 spiro atoms. The van der Waals surface area contributed by atoms with Gasteiger partial charge < -0.3 is 5.11 Å². The maximum absolute atomic E-state index is 10.7. The van der Waals surface area contributed by atoms with Gasteiger partial charge in [-0.05, 0) is 20.3 Å². The van der Waals surface area contributed by atoms with Gasteiger partial charge in [0.2, 0.25) is 0 Å². The molecule has 0 rings (SSSR count). The van der Waals surface area contributed by atoms with Crippen molar-refractivity contribution in [2.24, 2.45) is 4.99 Å². The molecule has 70 valence electrons. The van der Waals surface area contributed by atoms with Crippen molar-refractivity contribution in [1.82, 2.24) is 0 Å². The molecule has 0 aliphatic carbocycles. The number of aliphatic hydroxyl groups is 1. The fraction of sp³-hybridized carbons (Fsp3) is 0.778. The Morgan fingerprint density at radius 3 is 2.42 bits per heavy atom. The zero-order chi connectivity index (χ0) is 9.56. The average Bonchev–Trinajstić information content (AvgIpc) is 1.98. The Morgan fingerprint density at radius 2 is 2.08 bits per heavy atom. The minimum absolute atomic E-state index is 0.0376. The summed E-state index contributed by atoms with van der Waals surface area (Å²) in [6, 6.07) is -0.0376. The monoisotopic (exact) mass is 171 g/mol. The van der Waals surface area contributed by atoms with Crippen LogP contribution in [0.15, 0.2) is 4.99 Å². The highest BCUT2D eigenvalue weighted by Crippen LogP contribution is 1.98. The second-order valence-corrected chi connectivity index (χ2v) is 2.99. The molecule has 0 aromatic rings. The molecule has 0 aromatic heterocycles. The van der Waals surface area contributed by atoms with E-state index in [9.17, 15) is 4.79 Å². The molecule has 0 bridgehead atoms. The lowest BCUT2D eigenvalue weighted by Crippen LogP contribution is -2.12. The van der Waals surface area contributed by atoms with Crippen molar-refractivity contribution in [3.8, 4) is 0 Å². The Labute approximate surface area is 73.5 Å². The molecule has 0 heterocycles. The van der Waals surface area contributed by atoms with Crippen LogP contribution in [0.3, 0.4) is 0 Å². The topological polar surface area (TPSA) is 49.7 Å². The fourth-order valence-electron chi connectivity index (χ4n) is 0.979. The number of ketones is 1. The molecule has 3 heteroatoms. The van der Waals surface area contributed by atoms with E-state index in [1.807, 2.05) is 13.8 Å². The first-order chi connectivity index (χ1) is 5.60. The van der Waals surface area contributed by atoms with E-state index in [2.05, 4.69) is 4.99 Å². The molecule has 0 aliphatic heterocycles. The van der Waals surface area contributed by atoms with Gasteiger partial charge in [0.05, 0.1) is 12.6 Å². The van der Waals surface area contributed by atoms with Crippen LogP contribution in [0.5, 0.6) is 0 Å². The predicted octanol–water partition coefficient (Wildman–Crippen LogP) is 1.20. The Kier molecular flexibility index (Phi) is 5.54.